The Bertz CT molecular complexity index is 912. The number of carbonyl (C=O) groups excluding carboxylic acids is 2. The fourth-order valence-corrected chi connectivity index (χ4v) is 2.25. The van der Waals surface area contributed by atoms with Crippen LogP contribution in [-0.4, -0.2) is 33.2 Å². The van der Waals surface area contributed by atoms with Crippen LogP contribution in [0.2, 0.25) is 0 Å². The minimum absolute atomic E-state index is 0.134. The molecule has 0 unspecified atom stereocenters. The van der Waals surface area contributed by atoms with Gasteiger partial charge in [0.1, 0.15) is 17.4 Å². The number of nitrogens with one attached hydrogen (secondary N) is 2. The second-order valence-electron chi connectivity index (χ2n) is 5.32. The van der Waals surface area contributed by atoms with Crippen LogP contribution in [0.15, 0.2) is 46.7 Å². The molecule has 0 saturated heterocycles. The van der Waals surface area contributed by atoms with Crippen molar-refractivity contribution in [2.24, 2.45) is 0 Å². The van der Waals surface area contributed by atoms with Crippen LogP contribution in [0, 0.1) is 11.3 Å². The third-order valence-electron chi connectivity index (χ3n) is 3.67. The second kappa shape index (κ2) is 9.68. The first kappa shape index (κ1) is 20.4. The van der Waals surface area contributed by atoms with Gasteiger partial charge in [-0.3, -0.25) is 4.79 Å². The van der Waals surface area contributed by atoms with Gasteiger partial charge in [0.15, 0.2) is 11.5 Å². The molecule has 146 valence electrons. The van der Waals surface area contributed by atoms with Crippen LogP contribution >= 0.6 is 0 Å². The molecule has 0 spiro atoms. The molecule has 1 aromatic carbocycles. The van der Waals surface area contributed by atoms with Crippen LogP contribution in [0.5, 0.6) is 11.5 Å². The predicted molar refractivity (Wildman–Crippen MR) is 98.8 cm³/mol. The number of esters is 1. The van der Waals surface area contributed by atoms with E-state index in [9.17, 15) is 14.9 Å². The molecule has 0 aliphatic rings. The van der Waals surface area contributed by atoms with Gasteiger partial charge in [0.2, 0.25) is 0 Å². The highest BCUT2D eigenvalue weighted by Crippen LogP contribution is 2.33. The van der Waals surface area contributed by atoms with E-state index in [4.69, 9.17) is 18.6 Å². The lowest BCUT2D eigenvalue weighted by Crippen LogP contribution is -2.24. The lowest BCUT2D eigenvalue weighted by atomic mass is 10.1. The van der Waals surface area contributed by atoms with Gasteiger partial charge in [-0.25, -0.2) is 4.79 Å². The summed E-state index contributed by atoms with van der Waals surface area (Å²) in [6.45, 7) is 0.134. The van der Waals surface area contributed by atoms with E-state index in [0.29, 0.717) is 17.3 Å². The summed E-state index contributed by atoms with van der Waals surface area (Å²) in [6.07, 6.45) is 2.67. The van der Waals surface area contributed by atoms with Crippen molar-refractivity contribution in [2.75, 3.05) is 26.6 Å². The highest BCUT2D eigenvalue weighted by molar-refractivity contribution is 5.99. The average molecular weight is 385 g/mol. The zero-order chi connectivity index (χ0) is 20.5. The molecule has 0 saturated carbocycles. The lowest BCUT2D eigenvalue weighted by molar-refractivity contribution is -0.117. The summed E-state index contributed by atoms with van der Waals surface area (Å²) in [7, 11) is 4.11. The van der Waals surface area contributed by atoms with Crippen LogP contribution in [0.25, 0.3) is 0 Å². The Morgan fingerprint density at radius 2 is 1.93 bits per heavy atom. The molecule has 2 rings (SSSR count). The summed E-state index contributed by atoms with van der Waals surface area (Å²) in [5.41, 5.74) is 0.220. The first-order chi connectivity index (χ1) is 13.5. The number of furan rings is 1. The molecule has 2 aromatic rings. The molecule has 1 heterocycles. The number of methoxy groups -OCH3 is 3. The number of benzene rings is 1. The highest BCUT2D eigenvalue weighted by Gasteiger charge is 2.18. The zero-order valence-electron chi connectivity index (χ0n) is 15.6. The Labute approximate surface area is 161 Å². The Kier molecular flexibility index (Phi) is 7.05. The van der Waals surface area contributed by atoms with Crippen molar-refractivity contribution in [3.8, 4) is 17.6 Å². The first-order valence-electron chi connectivity index (χ1n) is 8.05. The number of hydrogen-bond donors (Lipinski definition) is 2. The Morgan fingerprint density at radius 1 is 1.21 bits per heavy atom. The van der Waals surface area contributed by atoms with Crippen molar-refractivity contribution >= 4 is 17.6 Å². The Hall–Kier alpha value is -3.93. The molecule has 28 heavy (non-hydrogen) atoms. The van der Waals surface area contributed by atoms with E-state index in [1.54, 1.807) is 18.2 Å². The zero-order valence-corrected chi connectivity index (χ0v) is 15.6. The number of rotatable bonds is 8. The molecule has 0 bridgehead atoms. The minimum Gasteiger partial charge on any atom is -0.493 e. The highest BCUT2D eigenvalue weighted by atomic mass is 16.5. The normalized spacial score (nSPS) is 10.6. The van der Waals surface area contributed by atoms with Crippen molar-refractivity contribution in [3.05, 3.63) is 53.6 Å². The number of ether oxygens (including phenoxy) is 3. The molecule has 0 atom stereocenters. The van der Waals surface area contributed by atoms with Gasteiger partial charge in [-0.05, 0) is 12.1 Å². The lowest BCUT2D eigenvalue weighted by Gasteiger charge is -2.14. The summed E-state index contributed by atoms with van der Waals surface area (Å²) < 4.78 is 20.3. The van der Waals surface area contributed by atoms with Crippen molar-refractivity contribution in [1.82, 2.24) is 5.32 Å². The van der Waals surface area contributed by atoms with Crippen molar-refractivity contribution < 1.29 is 28.2 Å². The summed E-state index contributed by atoms with van der Waals surface area (Å²) in [6, 6.07) is 8.12. The van der Waals surface area contributed by atoms with E-state index in [-0.39, 0.29) is 23.4 Å². The van der Waals surface area contributed by atoms with Crippen LogP contribution < -0.4 is 20.1 Å². The monoisotopic (exact) mass is 385 g/mol. The quantitative estimate of drug-likeness (QED) is 0.403. The number of nitriles is 1. The third kappa shape index (κ3) is 4.82. The van der Waals surface area contributed by atoms with Gasteiger partial charge in [-0.1, -0.05) is 0 Å². The van der Waals surface area contributed by atoms with Crippen LogP contribution in [-0.2, 0) is 16.1 Å². The second-order valence-corrected chi connectivity index (χ2v) is 5.32. The molecule has 1 amide bonds. The van der Waals surface area contributed by atoms with Gasteiger partial charge in [-0.2, -0.15) is 5.26 Å². The SMILES string of the molecule is COC(=O)c1cc(OC)c(OC)cc1N/C=C(\C#N)C(=O)NCc1ccco1. The topological polar surface area (TPSA) is 123 Å². The maximum atomic E-state index is 12.2. The largest absolute Gasteiger partial charge is 0.493 e. The maximum absolute atomic E-state index is 12.2. The molecule has 0 fully saturated rings. The smallest absolute Gasteiger partial charge is 0.340 e. The molecule has 0 aliphatic carbocycles. The summed E-state index contributed by atoms with van der Waals surface area (Å²) in [4.78, 5) is 24.2. The van der Waals surface area contributed by atoms with Gasteiger partial charge in [-0.15, -0.1) is 0 Å². The molecule has 9 nitrogen and oxygen atoms in total. The molecular weight excluding hydrogens is 366 g/mol. The minimum atomic E-state index is -0.627. The molecule has 0 aliphatic heterocycles. The van der Waals surface area contributed by atoms with E-state index in [1.807, 2.05) is 0 Å². The van der Waals surface area contributed by atoms with Gasteiger partial charge in [0.25, 0.3) is 5.91 Å². The van der Waals surface area contributed by atoms with E-state index in [0.717, 1.165) is 0 Å². The summed E-state index contributed by atoms with van der Waals surface area (Å²) in [5, 5.41) is 14.6. The van der Waals surface area contributed by atoms with Crippen molar-refractivity contribution in [1.29, 1.82) is 5.26 Å². The standard InChI is InChI=1S/C19H19N3O6/c1-25-16-7-14(19(24)27-3)15(8-17(16)26-2)21-10-12(9-20)18(23)22-11-13-5-4-6-28-13/h4-8,10,21H,11H2,1-3H3,(H,22,23)/b12-10+. The fraction of sp³-hybridized carbons (Fsp3) is 0.211. The Morgan fingerprint density at radius 3 is 2.50 bits per heavy atom. The third-order valence-corrected chi connectivity index (χ3v) is 3.67. The van der Waals surface area contributed by atoms with Gasteiger partial charge in [0, 0.05) is 18.3 Å². The summed E-state index contributed by atoms with van der Waals surface area (Å²) in [5.74, 6) is -0.00319. The number of amides is 1. The number of nitrogens with zero attached hydrogens (tertiary/aromatic N) is 1. The fourth-order valence-electron chi connectivity index (χ4n) is 2.25. The number of carbonyl (C=O) groups is 2. The molecule has 2 N–H and O–H groups in total. The number of hydrogen-bond acceptors (Lipinski definition) is 8. The molecule has 0 radical (unpaired) electrons. The van der Waals surface area contributed by atoms with Gasteiger partial charge < -0.3 is 29.3 Å². The van der Waals surface area contributed by atoms with Gasteiger partial charge >= 0.3 is 5.97 Å². The van der Waals surface area contributed by atoms with E-state index in [1.165, 1.54) is 45.9 Å². The van der Waals surface area contributed by atoms with E-state index < -0.39 is 11.9 Å². The first-order valence-corrected chi connectivity index (χ1v) is 8.05. The van der Waals surface area contributed by atoms with Crippen LogP contribution in [0.1, 0.15) is 16.1 Å². The van der Waals surface area contributed by atoms with Crippen molar-refractivity contribution in [3.63, 3.8) is 0 Å². The summed E-state index contributed by atoms with van der Waals surface area (Å²) >= 11 is 0. The van der Waals surface area contributed by atoms with Crippen LogP contribution in [0.4, 0.5) is 5.69 Å². The molecular formula is C19H19N3O6. The average Bonchev–Trinajstić information content (AvgIpc) is 3.25. The maximum Gasteiger partial charge on any atom is 0.340 e. The van der Waals surface area contributed by atoms with Crippen molar-refractivity contribution in [2.45, 2.75) is 6.54 Å². The Balaban J connectivity index is 2.24. The predicted octanol–water partition coefficient (Wildman–Crippen LogP) is 2.22. The molecule has 9 heteroatoms. The molecule has 1 aromatic heterocycles. The van der Waals surface area contributed by atoms with Gasteiger partial charge in [0.05, 0.1) is 45.4 Å². The van der Waals surface area contributed by atoms with Crippen LogP contribution in [0.3, 0.4) is 0 Å². The number of anilines is 1. The van der Waals surface area contributed by atoms with E-state index in [2.05, 4.69) is 10.6 Å². The van der Waals surface area contributed by atoms with E-state index >= 15 is 0 Å².